The Bertz CT molecular complexity index is 1420. The molecular formula is C25H29N3O4S. The molecule has 2 unspecified atom stereocenters. The summed E-state index contributed by atoms with van der Waals surface area (Å²) < 4.78 is 26.3. The van der Waals surface area contributed by atoms with Crippen LogP contribution in [0.3, 0.4) is 0 Å². The monoisotopic (exact) mass is 467 g/mol. The highest BCUT2D eigenvalue weighted by Crippen LogP contribution is 2.56. The number of aromatic amines is 1. The van der Waals surface area contributed by atoms with E-state index >= 15 is 0 Å². The highest BCUT2D eigenvalue weighted by Gasteiger charge is 2.54. The molecule has 0 aliphatic heterocycles. The molecule has 0 amide bonds. The number of pyridine rings is 1. The number of fused-ring (bicyclic) bond motifs is 1. The van der Waals surface area contributed by atoms with Crippen LogP contribution >= 0.6 is 0 Å². The molecule has 1 aromatic carbocycles. The fourth-order valence-corrected chi connectivity index (χ4v) is 7.63. The molecular weight excluding hydrogens is 438 g/mol. The van der Waals surface area contributed by atoms with Crippen LogP contribution in [0.15, 0.2) is 46.3 Å². The Morgan fingerprint density at radius 1 is 1.12 bits per heavy atom. The van der Waals surface area contributed by atoms with Gasteiger partial charge in [-0.15, -0.1) is 0 Å². The van der Waals surface area contributed by atoms with Gasteiger partial charge in [-0.3, -0.25) is 4.79 Å². The zero-order chi connectivity index (χ0) is 23.1. The number of aromatic nitrogens is 2. The fraction of sp³-hybridized carbons (Fsp3) is 0.480. The smallest absolute Gasteiger partial charge is 0.274 e. The van der Waals surface area contributed by atoms with Gasteiger partial charge < -0.3 is 20.0 Å². The molecule has 4 fully saturated rings. The number of aryl methyl sites for hydroxylation is 1. The molecule has 0 saturated heterocycles. The van der Waals surface area contributed by atoms with Gasteiger partial charge in [0, 0.05) is 53.9 Å². The zero-order valence-corrected chi connectivity index (χ0v) is 19.7. The van der Waals surface area contributed by atoms with Crippen molar-refractivity contribution >= 4 is 26.4 Å². The number of nitrogens with zero attached hydrogens (tertiary/aromatic N) is 1. The topological polar surface area (TPSA) is 104 Å². The minimum Gasteiger partial charge on any atom is -0.390 e. The first-order valence-electron chi connectivity index (χ1n) is 11.6. The summed E-state index contributed by atoms with van der Waals surface area (Å²) >= 11 is 0. The van der Waals surface area contributed by atoms with E-state index in [9.17, 15) is 18.3 Å². The number of hydrogen-bond acceptors (Lipinski definition) is 5. The average Bonchev–Trinajstić information content (AvgIpc) is 3.22. The van der Waals surface area contributed by atoms with Crippen molar-refractivity contribution in [2.45, 2.75) is 48.6 Å². The van der Waals surface area contributed by atoms with E-state index in [1.54, 1.807) is 31.6 Å². The van der Waals surface area contributed by atoms with Crippen LogP contribution in [0.5, 0.6) is 0 Å². The molecule has 4 saturated carbocycles. The van der Waals surface area contributed by atoms with E-state index in [0.29, 0.717) is 23.3 Å². The Kier molecular flexibility index (Phi) is 4.43. The second-order valence-electron chi connectivity index (χ2n) is 10.6. The van der Waals surface area contributed by atoms with E-state index < -0.39 is 15.4 Å². The maximum Gasteiger partial charge on any atom is 0.274 e. The number of H-pyrrole nitrogens is 1. The van der Waals surface area contributed by atoms with Crippen molar-refractivity contribution in [3.63, 3.8) is 0 Å². The van der Waals surface area contributed by atoms with E-state index in [1.165, 1.54) is 10.8 Å². The third-order valence-corrected chi connectivity index (χ3v) is 9.28. The van der Waals surface area contributed by atoms with E-state index in [4.69, 9.17) is 0 Å². The van der Waals surface area contributed by atoms with Crippen molar-refractivity contribution in [1.82, 2.24) is 9.55 Å². The van der Waals surface area contributed by atoms with E-state index in [1.807, 2.05) is 12.1 Å². The largest absolute Gasteiger partial charge is 0.390 e. The van der Waals surface area contributed by atoms with Crippen molar-refractivity contribution in [2.24, 2.45) is 24.8 Å². The Labute approximate surface area is 192 Å². The van der Waals surface area contributed by atoms with Crippen LogP contribution in [-0.4, -0.2) is 41.0 Å². The molecule has 0 radical (unpaired) electrons. The first kappa shape index (κ1) is 21.0. The summed E-state index contributed by atoms with van der Waals surface area (Å²) in [5, 5.41) is 15.5. The quantitative estimate of drug-likeness (QED) is 0.546. The van der Waals surface area contributed by atoms with E-state index in [2.05, 4.69) is 10.3 Å². The summed E-state index contributed by atoms with van der Waals surface area (Å²) in [6, 6.07) is 7.34. The number of rotatable bonds is 4. The van der Waals surface area contributed by atoms with Crippen LogP contribution in [0.1, 0.15) is 32.1 Å². The number of nitrogens with one attached hydrogen (secondary N) is 2. The van der Waals surface area contributed by atoms with Crippen LogP contribution in [0.4, 0.5) is 5.69 Å². The first-order valence-corrected chi connectivity index (χ1v) is 13.5. The number of benzene rings is 1. The minimum atomic E-state index is -3.40. The molecule has 2 aromatic heterocycles. The molecule has 8 heteroatoms. The van der Waals surface area contributed by atoms with Gasteiger partial charge in [-0.25, -0.2) is 8.42 Å². The van der Waals surface area contributed by atoms with Crippen molar-refractivity contribution < 1.29 is 13.5 Å². The normalized spacial score (nSPS) is 30.8. The lowest BCUT2D eigenvalue weighted by molar-refractivity contribution is -0.129. The maximum absolute atomic E-state index is 12.6. The number of sulfone groups is 1. The van der Waals surface area contributed by atoms with Crippen molar-refractivity contribution in [1.29, 1.82) is 0 Å². The van der Waals surface area contributed by atoms with Gasteiger partial charge in [0.1, 0.15) is 5.52 Å². The summed E-state index contributed by atoms with van der Waals surface area (Å²) in [5.41, 5.74) is 2.32. The van der Waals surface area contributed by atoms with Gasteiger partial charge in [0.05, 0.1) is 10.5 Å². The predicted molar refractivity (Wildman–Crippen MR) is 128 cm³/mol. The second-order valence-corrected chi connectivity index (χ2v) is 12.6. The average molecular weight is 468 g/mol. The first-order chi connectivity index (χ1) is 15.6. The molecule has 3 N–H and O–H groups in total. The summed E-state index contributed by atoms with van der Waals surface area (Å²) in [6.45, 7) is 0. The Morgan fingerprint density at radius 3 is 2.52 bits per heavy atom. The van der Waals surface area contributed by atoms with Gasteiger partial charge in [-0.2, -0.15) is 0 Å². The lowest BCUT2D eigenvalue weighted by Crippen LogP contribution is -2.58. The van der Waals surface area contributed by atoms with Crippen molar-refractivity contribution in [2.75, 3.05) is 11.6 Å². The minimum absolute atomic E-state index is 0.123. The molecule has 0 spiro atoms. The SMILES string of the molecule is Cn1cc(-c2cc(S(C)(=O)=O)ccc2NC2C3CC4CC2CC(O)(C4)C3)c2cc[nH]c2c1=O. The summed E-state index contributed by atoms with van der Waals surface area (Å²) in [5.74, 6) is 1.44. The lowest BCUT2D eigenvalue weighted by atomic mass is 9.52. The fourth-order valence-electron chi connectivity index (χ4n) is 6.98. The molecule has 4 aliphatic carbocycles. The summed E-state index contributed by atoms with van der Waals surface area (Å²) in [6.07, 6.45) is 9.60. The summed E-state index contributed by atoms with van der Waals surface area (Å²) in [4.78, 5) is 15.9. The predicted octanol–water partition coefficient (Wildman–Crippen LogP) is 3.29. The number of aliphatic hydroxyl groups is 1. The number of hydrogen-bond donors (Lipinski definition) is 3. The molecule has 174 valence electrons. The van der Waals surface area contributed by atoms with Crippen LogP contribution in [0, 0.1) is 17.8 Å². The molecule has 33 heavy (non-hydrogen) atoms. The van der Waals surface area contributed by atoms with Gasteiger partial charge in [-0.05, 0) is 74.1 Å². The zero-order valence-electron chi connectivity index (χ0n) is 18.8. The van der Waals surface area contributed by atoms with Crippen LogP contribution < -0.4 is 10.9 Å². The van der Waals surface area contributed by atoms with E-state index in [0.717, 1.165) is 54.3 Å². The Morgan fingerprint density at radius 2 is 1.85 bits per heavy atom. The highest BCUT2D eigenvalue weighted by atomic mass is 32.2. The Balaban J connectivity index is 1.48. The third kappa shape index (κ3) is 3.34. The Hall–Kier alpha value is -2.58. The molecule has 3 aromatic rings. The van der Waals surface area contributed by atoms with Crippen LogP contribution in [-0.2, 0) is 16.9 Å². The van der Waals surface area contributed by atoms with Gasteiger partial charge in [0.15, 0.2) is 9.84 Å². The van der Waals surface area contributed by atoms with Gasteiger partial charge in [-0.1, -0.05) is 0 Å². The van der Waals surface area contributed by atoms with Crippen LogP contribution in [0.25, 0.3) is 22.0 Å². The van der Waals surface area contributed by atoms with Gasteiger partial charge in [0.25, 0.3) is 5.56 Å². The lowest BCUT2D eigenvalue weighted by Gasteiger charge is -2.58. The van der Waals surface area contributed by atoms with Crippen molar-refractivity contribution in [3.8, 4) is 11.1 Å². The number of anilines is 1. The molecule has 4 bridgehead atoms. The third-order valence-electron chi connectivity index (χ3n) is 8.17. The highest BCUT2D eigenvalue weighted by molar-refractivity contribution is 7.90. The molecule has 2 atom stereocenters. The molecule has 7 rings (SSSR count). The standard InChI is InChI=1S/C25H29N3O4S/c1-28-13-20(18-5-6-26-23(18)24(28)29)19-9-17(33(2,31)32)3-4-21(19)27-22-15-7-14-8-16(22)12-25(30,10-14)11-15/h3-6,9,13-16,22,26-27,30H,7-8,10-12H2,1-2H3. The summed E-state index contributed by atoms with van der Waals surface area (Å²) in [7, 11) is -1.70. The molecule has 7 nitrogen and oxygen atoms in total. The van der Waals surface area contributed by atoms with Crippen LogP contribution in [0.2, 0.25) is 0 Å². The van der Waals surface area contributed by atoms with Crippen molar-refractivity contribution in [3.05, 3.63) is 47.0 Å². The second kappa shape index (κ2) is 6.96. The van der Waals surface area contributed by atoms with E-state index in [-0.39, 0.29) is 16.5 Å². The molecule has 4 aliphatic rings. The maximum atomic E-state index is 12.6. The van der Waals surface area contributed by atoms with Gasteiger partial charge >= 0.3 is 0 Å². The van der Waals surface area contributed by atoms with Gasteiger partial charge in [0.2, 0.25) is 0 Å². The molecule has 2 heterocycles.